The molecule has 0 unspecified atom stereocenters. The summed E-state index contributed by atoms with van der Waals surface area (Å²) in [5, 5.41) is 2.46. The fraction of sp³-hybridized carbons (Fsp3) is 0.167. The highest BCUT2D eigenvalue weighted by molar-refractivity contribution is 6.08. The summed E-state index contributed by atoms with van der Waals surface area (Å²) in [4.78, 5) is 4.89. The first kappa shape index (κ1) is 11.5. The second-order valence-electron chi connectivity index (χ2n) is 5.22. The Morgan fingerprint density at radius 2 is 1.75 bits per heavy atom. The van der Waals surface area contributed by atoms with Crippen molar-refractivity contribution in [1.29, 1.82) is 0 Å². The number of para-hydroxylation sites is 2. The summed E-state index contributed by atoms with van der Waals surface area (Å²) in [5.74, 6) is 0. The molecular formula is C18H16N2. The van der Waals surface area contributed by atoms with Crippen LogP contribution in [0.2, 0.25) is 0 Å². The molecular weight excluding hydrogens is 244 g/mol. The Labute approximate surface area is 117 Å². The molecule has 2 aromatic carbocycles. The maximum atomic E-state index is 4.89. The third-order valence-electron chi connectivity index (χ3n) is 3.89. The number of fused-ring (bicyclic) bond motifs is 4. The molecule has 20 heavy (non-hydrogen) atoms. The number of rotatable bonds is 2. The molecule has 0 saturated carbocycles. The van der Waals surface area contributed by atoms with Crippen molar-refractivity contribution in [2.75, 3.05) is 0 Å². The van der Waals surface area contributed by atoms with Crippen molar-refractivity contribution in [3.63, 3.8) is 0 Å². The van der Waals surface area contributed by atoms with Crippen LogP contribution in [-0.2, 0) is 6.54 Å². The van der Waals surface area contributed by atoms with E-state index in [0.29, 0.717) is 0 Å². The highest BCUT2D eigenvalue weighted by atomic mass is 15.0. The fourth-order valence-corrected chi connectivity index (χ4v) is 3.01. The second kappa shape index (κ2) is 4.34. The quantitative estimate of drug-likeness (QED) is 0.508. The maximum Gasteiger partial charge on any atom is 0.0967 e. The first-order chi connectivity index (χ1) is 9.88. The SMILES string of the molecule is CCCn1c2ccccc2c2nc3ccccc3cc21. The normalized spacial score (nSPS) is 11.7. The molecule has 4 aromatic rings. The Bertz CT molecular complexity index is 919. The van der Waals surface area contributed by atoms with Crippen molar-refractivity contribution in [2.24, 2.45) is 0 Å². The molecule has 0 bridgehead atoms. The van der Waals surface area contributed by atoms with Gasteiger partial charge in [-0.2, -0.15) is 0 Å². The van der Waals surface area contributed by atoms with Crippen LogP contribution in [0.25, 0.3) is 32.8 Å². The third kappa shape index (κ3) is 1.54. The van der Waals surface area contributed by atoms with Gasteiger partial charge in [0.05, 0.1) is 22.1 Å². The van der Waals surface area contributed by atoms with Crippen molar-refractivity contribution in [3.05, 3.63) is 54.6 Å². The van der Waals surface area contributed by atoms with E-state index < -0.39 is 0 Å². The number of aromatic nitrogens is 2. The van der Waals surface area contributed by atoms with Crippen molar-refractivity contribution >= 4 is 32.8 Å². The van der Waals surface area contributed by atoms with Gasteiger partial charge in [0.15, 0.2) is 0 Å². The molecule has 2 aromatic heterocycles. The summed E-state index contributed by atoms with van der Waals surface area (Å²) >= 11 is 0. The van der Waals surface area contributed by atoms with E-state index in [-0.39, 0.29) is 0 Å². The summed E-state index contributed by atoms with van der Waals surface area (Å²) in [5.41, 5.74) is 4.71. The second-order valence-corrected chi connectivity index (χ2v) is 5.22. The number of hydrogen-bond donors (Lipinski definition) is 0. The molecule has 2 heteroatoms. The lowest BCUT2D eigenvalue weighted by Crippen LogP contribution is -1.96. The molecule has 98 valence electrons. The minimum atomic E-state index is 1.03. The molecule has 0 radical (unpaired) electrons. The summed E-state index contributed by atoms with van der Waals surface area (Å²) in [6, 6.07) is 19.2. The Morgan fingerprint density at radius 3 is 2.65 bits per heavy atom. The zero-order valence-electron chi connectivity index (χ0n) is 11.5. The van der Waals surface area contributed by atoms with E-state index in [4.69, 9.17) is 4.98 Å². The van der Waals surface area contributed by atoms with Crippen LogP contribution < -0.4 is 0 Å². The van der Waals surface area contributed by atoms with Crippen LogP contribution in [0.15, 0.2) is 54.6 Å². The van der Waals surface area contributed by atoms with Crippen LogP contribution in [0.1, 0.15) is 13.3 Å². The highest BCUT2D eigenvalue weighted by Crippen LogP contribution is 2.30. The van der Waals surface area contributed by atoms with Gasteiger partial charge in [-0.05, 0) is 24.6 Å². The van der Waals surface area contributed by atoms with Crippen LogP contribution in [0.4, 0.5) is 0 Å². The van der Waals surface area contributed by atoms with Gasteiger partial charge in [0.1, 0.15) is 0 Å². The van der Waals surface area contributed by atoms with Gasteiger partial charge in [-0.1, -0.05) is 43.3 Å². The number of nitrogens with zero attached hydrogens (tertiary/aromatic N) is 2. The molecule has 0 spiro atoms. The lowest BCUT2D eigenvalue weighted by atomic mass is 10.2. The molecule has 0 amide bonds. The predicted molar refractivity (Wildman–Crippen MR) is 85.0 cm³/mol. The van der Waals surface area contributed by atoms with Gasteiger partial charge >= 0.3 is 0 Å². The zero-order valence-corrected chi connectivity index (χ0v) is 11.5. The molecule has 0 fully saturated rings. The first-order valence-electron chi connectivity index (χ1n) is 7.15. The molecule has 0 aliphatic heterocycles. The molecule has 2 nitrogen and oxygen atoms in total. The average Bonchev–Trinajstić information content (AvgIpc) is 2.80. The summed E-state index contributed by atoms with van der Waals surface area (Å²) < 4.78 is 2.39. The average molecular weight is 260 g/mol. The molecule has 0 saturated heterocycles. The zero-order chi connectivity index (χ0) is 13.5. The Hall–Kier alpha value is -2.35. The van der Waals surface area contributed by atoms with Gasteiger partial charge in [0.25, 0.3) is 0 Å². The number of aryl methyl sites for hydroxylation is 1. The Balaban J connectivity index is 2.22. The van der Waals surface area contributed by atoms with Gasteiger partial charge in [-0.3, -0.25) is 0 Å². The van der Waals surface area contributed by atoms with E-state index in [2.05, 4.69) is 60.0 Å². The lowest BCUT2D eigenvalue weighted by Gasteiger charge is -2.05. The largest absolute Gasteiger partial charge is 0.339 e. The Morgan fingerprint density at radius 1 is 0.950 bits per heavy atom. The van der Waals surface area contributed by atoms with Crippen LogP contribution in [0.3, 0.4) is 0 Å². The molecule has 0 aliphatic carbocycles. The van der Waals surface area contributed by atoms with Crippen molar-refractivity contribution < 1.29 is 0 Å². The Kier molecular flexibility index (Phi) is 2.49. The van der Waals surface area contributed by atoms with E-state index in [0.717, 1.165) is 24.0 Å². The van der Waals surface area contributed by atoms with Crippen LogP contribution in [-0.4, -0.2) is 9.55 Å². The van der Waals surface area contributed by atoms with Gasteiger partial charge in [-0.25, -0.2) is 4.98 Å². The predicted octanol–water partition coefficient (Wildman–Crippen LogP) is 4.75. The van der Waals surface area contributed by atoms with Crippen LogP contribution >= 0.6 is 0 Å². The van der Waals surface area contributed by atoms with E-state index in [1.165, 1.54) is 21.8 Å². The summed E-state index contributed by atoms with van der Waals surface area (Å²) in [6.45, 7) is 3.25. The third-order valence-corrected chi connectivity index (χ3v) is 3.89. The molecule has 4 rings (SSSR count). The lowest BCUT2D eigenvalue weighted by molar-refractivity contribution is 0.724. The van der Waals surface area contributed by atoms with Crippen LogP contribution in [0, 0.1) is 0 Å². The topological polar surface area (TPSA) is 17.8 Å². The van der Waals surface area contributed by atoms with Crippen molar-refractivity contribution in [1.82, 2.24) is 9.55 Å². The van der Waals surface area contributed by atoms with Crippen molar-refractivity contribution in [3.8, 4) is 0 Å². The van der Waals surface area contributed by atoms with E-state index in [9.17, 15) is 0 Å². The van der Waals surface area contributed by atoms with Gasteiger partial charge in [0.2, 0.25) is 0 Å². The maximum absolute atomic E-state index is 4.89. The van der Waals surface area contributed by atoms with Gasteiger partial charge < -0.3 is 4.57 Å². The standard InChI is InChI=1S/C18H16N2/c1-2-11-20-16-10-6-4-8-14(16)18-17(20)12-13-7-3-5-9-15(13)19-18/h3-10,12H,2,11H2,1H3. The monoisotopic (exact) mass is 260 g/mol. The van der Waals surface area contributed by atoms with E-state index >= 15 is 0 Å². The minimum Gasteiger partial charge on any atom is -0.339 e. The molecule has 0 N–H and O–H groups in total. The minimum absolute atomic E-state index is 1.03. The molecule has 0 aliphatic rings. The van der Waals surface area contributed by atoms with E-state index in [1.54, 1.807) is 0 Å². The highest BCUT2D eigenvalue weighted by Gasteiger charge is 2.11. The van der Waals surface area contributed by atoms with Gasteiger partial charge in [0, 0.05) is 17.3 Å². The number of benzene rings is 2. The molecule has 0 atom stereocenters. The van der Waals surface area contributed by atoms with Crippen molar-refractivity contribution in [2.45, 2.75) is 19.9 Å². The first-order valence-corrected chi connectivity index (χ1v) is 7.15. The van der Waals surface area contributed by atoms with Gasteiger partial charge in [-0.15, -0.1) is 0 Å². The number of hydrogen-bond acceptors (Lipinski definition) is 1. The number of pyridine rings is 1. The smallest absolute Gasteiger partial charge is 0.0967 e. The summed E-state index contributed by atoms with van der Waals surface area (Å²) in [6.07, 6.45) is 1.13. The fourth-order valence-electron chi connectivity index (χ4n) is 3.01. The van der Waals surface area contributed by atoms with Crippen LogP contribution in [0.5, 0.6) is 0 Å². The summed E-state index contributed by atoms with van der Waals surface area (Å²) in [7, 11) is 0. The van der Waals surface area contributed by atoms with E-state index in [1.807, 2.05) is 6.07 Å². The molecule has 2 heterocycles.